The summed E-state index contributed by atoms with van der Waals surface area (Å²) < 4.78 is 12.9. The SMILES string of the molecule is CCCC[C@H]1CC[C@H](c2ccc(-c3ccc(F)nc3)cc2)CC1. The topological polar surface area (TPSA) is 12.9 Å². The van der Waals surface area contributed by atoms with E-state index in [0.717, 1.165) is 17.0 Å². The summed E-state index contributed by atoms with van der Waals surface area (Å²) in [7, 11) is 0. The molecule has 0 amide bonds. The molecule has 0 spiro atoms. The van der Waals surface area contributed by atoms with Crippen LogP contribution in [-0.2, 0) is 0 Å². The molecule has 0 atom stereocenters. The molecule has 23 heavy (non-hydrogen) atoms. The summed E-state index contributed by atoms with van der Waals surface area (Å²) in [5.74, 6) is 1.24. The summed E-state index contributed by atoms with van der Waals surface area (Å²) in [4.78, 5) is 3.73. The van der Waals surface area contributed by atoms with Crippen LogP contribution in [0.15, 0.2) is 42.6 Å². The monoisotopic (exact) mass is 311 g/mol. The Hall–Kier alpha value is -1.70. The molecule has 1 heterocycles. The fourth-order valence-electron chi connectivity index (χ4n) is 3.77. The largest absolute Gasteiger partial charge is 0.228 e. The highest BCUT2D eigenvalue weighted by atomic mass is 19.1. The van der Waals surface area contributed by atoms with Gasteiger partial charge in [-0.25, -0.2) is 4.98 Å². The maximum Gasteiger partial charge on any atom is 0.212 e. The van der Waals surface area contributed by atoms with Gasteiger partial charge in [-0.1, -0.05) is 50.5 Å². The number of pyridine rings is 1. The second-order valence-corrected chi connectivity index (χ2v) is 6.85. The van der Waals surface area contributed by atoms with E-state index in [4.69, 9.17) is 0 Å². The summed E-state index contributed by atoms with van der Waals surface area (Å²) >= 11 is 0. The van der Waals surface area contributed by atoms with E-state index >= 15 is 0 Å². The Bertz CT molecular complexity index is 595. The molecule has 0 radical (unpaired) electrons. The van der Waals surface area contributed by atoms with Crippen molar-refractivity contribution in [2.45, 2.75) is 57.8 Å². The molecule has 0 aliphatic heterocycles. The van der Waals surface area contributed by atoms with Gasteiger partial charge in [0.25, 0.3) is 0 Å². The second kappa shape index (κ2) is 7.72. The molecule has 1 aliphatic rings. The summed E-state index contributed by atoms with van der Waals surface area (Å²) in [6.45, 7) is 2.28. The molecule has 1 aromatic carbocycles. The van der Waals surface area contributed by atoms with Crippen LogP contribution in [0.2, 0.25) is 0 Å². The molecule has 122 valence electrons. The maximum absolute atomic E-state index is 12.9. The van der Waals surface area contributed by atoms with Crippen LogP contribution in [0.5, 0.6) is 0 Å². The average Bonchev–Trinajstić information content (AvgIpc) is 2.61. The fourth-order valence-corrected chi connectivity index (χ4v) is 3.77. The van der Waals surface area contributed by atoms with Crippen LogP contribution >= 0.6 is 0 Å². The maximum atomic E-state index is 12.9. The Balaban J connectivity index is 1.61. The molecule has 2 heteroatoms. The minimum atomic E-state index is -0.426. The van der Waals surface area contributed by atoms with E-state index in [-0.39, 0.29) is 0 Å². The van der Waals surface area contributed by atoms with E-state index in [0.29, 0.717) is 5.92 Å². The summed E-state index contributed by atoms with van der Waals surface area (Å²) in [5.41, 5.74) is 3.54. The third-order valence-corrected chi connectivity index (χ3v) is 5.26. The lowest BCUT2D eigenvalue weighted by Gasteiger charge is -2.29. The van der Waals surface area contributed by atoms with E-state index in [9.17, 15) is 4.39 Å². The van der Waals surface area contributed by atoms with E-state index in [1.54, 1.807) is 12.3 Å². The molecule has 0 N–H and O–H groups in total. The zero-order valence-electron chi connectivity index (χ0n) is 14.0. The van der Waals surface area contributed by atoms with Gasteiger partial charge >= 0.3 is 0 Å². The predicted octanol–water partition coefficient (Wildman–Crippen LogP) is 6.35. The molecular weight excluding hydrogens is 285 g/mol. The Morgan fingerprint density at radius 3 is 2.26 bits per heavy atom. The molecule has 1 fully saturated rings. The third kappa shape index (κ3) is 4.19. The Labute approximate surface area is 139 Å². The van der Waals surface area contributed by atoms with Crippen LogP contribution in [0.25, 0.3) is 11.1 Å². The summed E-state index contributed by atoms with van der Waals surface area (Å²) in [6.07, 6.45) is 11.1. The van der Waals surface area contributed by atoms with Gasteiger partial charge in [-0.3, -0.25) is 0 Å². The lowest BCUT2D eigenvalue weighted by Crippen LogP contribution is -2.13. The van der Waals surface area contributed by atoms with Gasteiger partial charge in [-0.05, 0) is 60.8 Å². The number of hydrogen-bond donors (Lipinski definition) is 0. The van der Waals surface area contributed by atoms with Crippen LogP contribution in [0, 0.1) is 11.9 Å². The third-order valence-electron chi connectivity index (χ3n) is 5.26. The first kappa shape index (κ1) is 16.2. The lowest BCUT2D eigenvalue weighted by molar-refractivity contribution is 0.304. The van der Waals surface area contributed by atoms with E-state index in [1.807, 2.05) is 0 Å². The highest BCUT2D eigenvalue weighted by Crippen LogP contribution is 2.38. The molecule has 0 saturated heterocycles. The highest BCUT2D eigenvalue weighted by molar-refractivity contribution is 5.62. The average molecular weight is 311 g/mol. The molecular formula is C21H26FN. The van der Waals surface area contributed by atoms with Crippen molar-refractivity contribution in [2.24, 2.45) is 5.92 Å². The number of halogens is 1. The minimum absolute atomic E-state index is 0.426. The number of benzene rings is 1. The normalized spacial score (nSPS) is 21.3. The van der Waals surface area contributed by atoms with Crippen molar-refractivity contribution in [3.63, 3.8) is 0 Å². The van der Waals surface area contributed by atoms with Crippen molar-refractivity contribution in [1.82, 2.24) is 4.98 Å². The fraction of sp³-hybridized carbons (Fsp3) is 0.476. The molecule has 1 aliphatic carbocycles. The van der Waals surface area contributed by atoms with E-state index < -0.39 is 5.95 Å². The number of aromatic nitrogens is 1. The smallest absolute Gasteiger partial charge is 0.212 e. The zero-order valence-corrected chi connectivity index (χ0v) is 14.0. The van der Waals surface area contributed by atoms with Crippen LogP contribution in [0.1, 0.15) is 63.4 Å². The molecule has 3 rings (SSSR count). The number of unbranched alkanes of at least 4 members (excludes halogenated alkanes) is 1. The zero-order chi connectivity index (χ0) is 16.1. The van der Waals surface area contributed by atoms with Crippen LogP contribution in [-0.4, -0.2) is 4.98 Å². The van der Waals surface area contributed by atoms with Crippen molar-refractivity contribution in [2.75, 3.05) is 0 Å². The molecule has 0 bridgehead atoms. The van der Waals surface area contributed by atoms with Crippen molar-refractivity contribution in [3.8, 4) is 11.1 Å². The Morgan fingerprint density at radius 2 is 1.65 bits per heavy atom. The van der Waals surface area contributed by atoms with Gasteiger partial charge in [-0.15, -0.1) is 0 Å². The summed E-state index contributed by atoms with van der Waals surface area (Å²) in [5, 5.41) is 0. The van der Waals surface area contributed by atoms with Gasteiger partial charge in [0.15, 0.2) is 0 Å². The molecule has 2 aromatic rings. The minimum Gasteiger partial charge on any atom is -0.228 e. The Morgan fingerprint density at radius 1 is 0.957 bits per heavy atom. The first-order valence-corrected chi connectivity index (χ1v) is 8.98. The van der Waals surface area contributed by atoms with Crippen molar-refractivity contribution < 1.29 is 4.39 Å². The standard InChI is InChI=1S/C21H26FN/c1-2-3-4-16-5-7-17(8-6-16)18-9-11-19(12-10-18)20-13-14-21(22)23-15-20/h9-17H,2-8H2,1H3/t16-,17-. The molecule has 0 unspecified atom stereocenters. The van der Waals surface area contributed by atoms with Gasteiger partial charge in [0.1, 0.15) is 0 Å². The van der Waals surface area contributed by atoms with Crippen molar-refractivity contribution >= 4 is 0 Å². The van der Waals surface area contributed by atoms with E-state index in [1.165, 1.54) is 56.6 Å². The predicted molar refractivity (Wildman–Crippen MR) is 93.9 cm³/mol. The van der Waals surface area contributed by atoms with Gasteiger partial charge in [0.2, 0.25) is 5.95 Å². The first-order valence-electron chi connectivity index (χ1n) is 8.98. The first-order chi connectivity index (χ1) is 11.3. The van der Waals surface area contributed by atoms with E-state index in [2.05, 4.69) is 36.2 Å². The van der Waals surface area contributed by atoms with Crippen LogP contribution in [0.4, 0.5) is 4.39 Å². The van der Waals surface area contributed by atoms with Gasteiger partial charge < -0.3 is 0 Å². The Kier molecular flexibility index (Phi) is 5.43. The van der Waals surface area contributed by atoms with Gasteiger partial charge in [0, 0.05) is 11.8 Å². The molecule has 1 nitrogen and oxygen atoms in total. The van der Waals surface area contributed by atoms with Crippen molar-refractivity contribution in [3.05, 3.63) is 54.1 Å². The number of rotatable bonds is 5. The second-order valence-electron chi connectivity index (χ2n) is 6.85. The van der Waals surface area contributed by atoms with Crippen LogP contribution < -0.4 is 0 Å². The van der Waals surface area contributed by atoms with Gasteiger partial charge in [0.05, 0.1) is 0 Å². The van der Waals surface area contributed by atoms with Gasteiger partial charge in [-0.2, -0.15) is 4.39 Å². The number of hydrogen-bond acceptors (Lipinski definition) is 1. The lowest BCUT2D eigenvalue weighted by atomic mass is 9.77. The number of nitrogens with zero attached hydrogens (tertiary/aromatic N) is 1. The van der Waals surface area contributed by atoms with Crippen LogP contribution in [0.3, 0.4) is 0 Å². The quantitative estimate of drug-likeness (QED) is 0.586. The molecule has 1 aromatic heterocycles. The molecule has 1 saturated carbocycles. The highest BCUT2D eigenvalue weighted by Gasteiger charge is 2.21. The summed E-state index contributed by atoms with van der Waals surface area (Å²) in [6, 6.07) is 12.0. The van der Waals surface area contributed by atoms with Crippen molar-refractivity contribution in [1.29, 1.82) is 0 Å².